The summed E-state index contributed by atoms with van der Waals surface area (Å²) in [6, 6.07) is 0. The molecule has 0 aromatic carbocycles. The number of allylic oxidation sites excluding steroid dienone is 1. The van der Waals surface area contributed by atoms with Gasteiger partial charge in [0.25, 0.3) is 0 Å². The lowest BCUT2D eigenvalue weighted by Gasteiger charge is -2.63. The van der Waals surface area contributed by atoms with Gasteiger partial charge in [0.15, 0.2) is 0 Å². The number of carbonyl (C=O) groups excluding carboxylic acids is 1. The SMILES string of the molecule is COC(=O)C1=C(Br)C[C@@H]2[C@@]3(C)CCCC(C)(C)[C@@H]3CC[C@@]2(C)O1. The third kappa shape index (κ3) is 2.56. The van der Waals surface area contributed by atoms with Gasteiger partial charge in [-0.2, -0.15) is 0 Å². The molecule has 0 unspecified atom stereocenters. The highest BCUT2D eigenvalue weighted by atomic mass is 79.9. The van der Waals surface area contributed by atoms with Crippen molar-refractivity contribution in [1.82, 2.24) is 0 Å². The molecule has 0 N–H and O–H groups in total. The Morgan fingerprint density at radius 1 is 1.17 bits per heavy atom. The molecule has 0 bridgehead atoms. The summed E-state index contributed by atoms with van der Waals surface area (Å²) in [7, 11) is 1.41. The molecule has 130 valence electrons. The van der Waals surface area contributed by atoms with Crippen LogP contribution >= 0.6 is 15.9 Å². The van der Waals surface area contributed by atoms with Crippen LogP contribution in [0.2, 0.25) is 0 Å². The number of methoxy groups -OCH3 is 1. The van der Waals surface area contributed by atoms with Crippen molar-refractivity contribution in [2.45, 2.75) is 71.8 Å². The molecule has 3 rings (SSSR count). The van der Waals surface area contributed by atoms with Crippen LogP contribution in [0.4, 0.5) is 0 Å². The first-order valence-corrected chi connectivity index (χ1v) is 9.59. The Hall–Kier alpha value is -0.510. The summed E-state index contributed by atoms with van der Waals surface area (Å²) in [4.78, 5) is 12.0. The van der Waals surface area contributed by atoms with E-state index in [1.165, 1.54) is 32.8 Å². The van der Waals surface area contributed by atoms with Gasteiger partial charge < -0.3 is 9.47 Å². The lowest BCUT2D eigenvalue weighted by molar-refractivity contribution is -0.189. The third-order valence-corrected chi connectivity index (χ3v) is 7.76. The highest BCUT2D eigenvalue weighted by molar-refractivity contribution is 9.11. The van der Waals surface area contributed by atoms with Gasteiger partial charge >= 0.3 is 5.97 Å². The first-order chi connectivity index (χ1) is 10.6. The molecule has 0 spiro atoms. The summed E-state index contributed by atoms with van der Waals surface area (Å²) in [5, 5.41) is 0. The maximum atomic E-state index is 12.0. The van der Waals surface area contributed by atoms with Crippen molar-refractivity contribution in [3.8, 4) is 0 Å². The monoisotopic (exact) mass is 384 g/mol. The minimum absolute atomic E-state index is 0.264. The van der Waals surface area contributed by atoms with E-state index < -0.39 is 0 Å². The highest BCUT2D eigenvalue weighted by Crippen LogP contribution is 2.65. The van der Waals surface area contributed by atoms with E-state index in [0.29, 0.717) is 17.1 Å². The summed E-state index contributed by atoms with van der Waals surface area (Å²) in [5.74, 6) is 1.18. The standard InChI is InChI=1S/C19H29BrO3/c1-17(2)8-6-9-18(3)13(17)7-10-19(4)14(18)11-12(20)15(23-19)16(21)22-5/h13-14H,6-11H2,1-5H3/t13-,14+,18-,19+/m0/s1. The van der Waals surface area contributed by atoms with Gasteiger partial charge in [0, 0.05) is 10.4 Å². The zero-order valence-corrected chi connectivity index (χ0v) is 16.6. The topological polar surface area (TPSA) is 35.5 Å². The molecule has 2 aliphatic carbocycles. The molecular formula is C19H29BrO3. The summed E-state index contributed by atoms with van der Waals surface area (Å²) < 4.78 is 12.1. The second-order valence-electron chi connectivity index (χ2n) is 8.84. The number of fused-ring (bicyclic) bond motifs is 3. The van der Waals surface area contributed by atoms with Crippen LogP contribution in [-0.4, -0.2) is 18.7 Å². The van der Waals surface area contributed by atoms with Gasteiger partial charge in [0.05, 0.1) is 7.11 Å². The van der Waals surface area contributed by atoms with Crippen LogP contribution in [-0.2, 0) is 14.3 Å². The fraction of sp³-hybridized carbons (Fsp3) is 0.842. The lowest BCUT2D eigenvalue weighted by atomic mass is 9.45. The molecule has 3 nitrogen and oxygen atoms in total. The molecular weight excluding hydrogens is 356 g/mol. The summed E-state index contributed by atoms with van der Waals surface area (Å²) in [6.45, 7) is 9.54. The largest absolute Gasteiger partial charge is 0.479 e. The van der Waals surface area contributed by atoms with Crippen molar-refractivity contribution < 1.29 is 14.3 Å². The highest BCUT2D eigenvalue weighted by Gasteiger charge is 2.61. The second kappa shape index (κ2) is 5.50. The Kier molecular flexibility index (Phi) is 4.14. The number of hydrogen-bond donors (Lipinski definition) is 0. The fourth-order valence-electron chi connectivity index (χ4n) is 5.98. The molecule has 0 aromatic rings. The first kappa shape index (κ1) is 17.3. The van der Waals surface area contributed by atoms with Gasteiger partial charge in [-0.15, -0.1) is 0 Å². The molecule has 4 heteroatoms. The minimum atomic E-state index is -0.368. The van der Waals surface area contributed by atoms with Crippen LogP contribution in [0.25, 0.3) is 0 Å². The Bertz CT molecular complexity index is 553. The van der Waals surface area contributed by atoms with Crippen molar-refractivity contribution in [2.24, 2.45) is 22.7 Å². The Balaban J connectivity index is 2.00. The van der Waals surface area contributed by atoms with Gasteiger partial charge in [-0.3, -0.25) is 0 Å². The van der Waals surface area contributed by atoms with Crippen LogP contribution in [0.1, 0.15) is 66.2 Å². The van der Waals surface area contributed by atoms with Crippen molar-refractivity contribution in [1.29, 1.82) is 0 Å². The molecule has 1 aliphatic heterocycles. The van der Waals surface area contributed by atoms with Gasteiger partial charge in [-0.25, -0.2) is 4.79 Å². The first-order valence-electron chi connectivity index (χ1n) is 8.80. The molecule has 0 saturated heterocycles. The molecule has 23 heavy (non-hydrogen) atoms. The third-order valence-electron chi connectivity index (χ3n) is 7.07. The second-order valence-corrected chi connectivity index (χ2v) is 9.79. The quantitative estimate of drug-likeness (QED) is 0.583. The van der Waals surface area contributed by atoms with Gasteiger partial charge in [-0.1, -0.05) is 43.1 Å². The summed E-state index contributed by atoms with van der Waals surface area (Å²) in [6.07, 6.45) is 6.95. The molecule has 4 atom stereocenters. The van der Waals surface area contributed by atoms with E-state index in [-0.39, 0.29) is 17.0 Å². The van der Waals surface area contributed by atoms with Crippen LogP contribution in [0, 0.1) is 22.7 Å². The van der Waals surface area contributed by atoms with Crippen molar-refractivity contribution in [3.05, 3.63) is 10.2 Å². The normalized spacial score (nSPS) is 42.3. The van der Waals surface area contributed by atoms with Crippen LogP contribution in [0.3, 0.4) is 0 Å². The minimum Gasteiger partial charge on any atom is -0.479 e. The average Bonchev–Trinajstić information content (AvgIpc) is 2.46. The van der Waals surface area contributed by atoms with Crippen LogP contribution in [0.5, 0.6) is 0 Å². The van der Waals surface area contributed by atoms with E-state index in [9.17, 15) is 4.79 Å². The Morgan fingerprint density at radius 2 is 1.87 bits per heavy atom. The number of carbonyl (C=O) groups is 1. The lowest BCUT2D eigenvalue weighted by Crippen LogP contribution is -2.59. The van der Waals surface area contributed by atoms with Crippen molar-refractivity contribution in [2.75, 3.05) is 7.11 Å². The molecule has 2 saturated carbocycles. The number of ether oxygens (including phenoxy) is 2. The van der Waals surface area contributed by atoms with Crippen molar-refractivity contribution >= 4 is 21.9 Å². The number of halogens is 1. The maximum Gasteiger partial charge on any atom is 0.374 e. The van der Waals surface area contributed by atoms with E-state index in [2.05, 4.69) is 43.6 Å². The van der Waals surface area contributed by atoms with Gasteiger partial charge in [0.1, 0.15) is 5.60 Å². The van der Waals surface area contributed by atoms with E-state index in [1.807, 2.05) is 0 Å². The van der Waals surface area contributed by atoms with Crippen molar-refractivity contribution in [3.63, 3.8) is 0 Å². The van der Waals surface area contributed by atoms with Gasteiger partial charge in [-0.05, 0) is 55.8 Å². The Morgan fingerprint density at radius 3 is 2.52 bits per heavy atom. The van der Waals surface area contributed by atoms with Crippen LogP contribution < -0.4 is 0 Å². The molecule has 0 aromatic heterocycles. The molecule has 0 amide bonds. The molecule has 0 radical (unpaired) electrons. The maximum absolute atomic E-state index is 12.0. The number of esters is 1. The zero-order chi connectivity index (χ0) is 17.0. The predicted molar refractivity (Wildman–Crippen MR) is 94.0 cm³/mol. The van der Waals surface area contributed by atoms with E-state index in [4.69, 9.17) is 9.47 Å². The fourth-order valence-corrected chi connectivity index (χ4v) is 6.55. The predicted octanol–water partition coefficient (Wildman–Crippen LogP) is 5.19. The zero-order valence-electron chi connectivity index (χ0n) is 15.0. The summed E-state index contributed by atoms with van der Waals surface area (Å²) in [5.41, 5.74) is 0.405. The number of hydrogen-bond acceptors (Lipinski definition) is 3. The summed E-state index contributed by atoms with van der Waals surface area (Å²) >= 11 is 3.61. The Labute approximate surface area is 148 Å². The average molecular weight is 385 g/mol. The van der Waals surface area contributed by atoms with E-state index >= 15 is 0 Å². The smallest absolute Gasteiger partial charge is 0.374 e. The molecule has 1 heterocycles. The van der Waals surface area contributed by atoms with Gasteiger partial charge in [0.2, 0.25) is 5.76 Å². The van der Waals surface area contributed by atoms with E-state index in [0.717, 1.165) is 23.2 Å². The number of rotatable bonds is 1. The van der Waals surface area contributed by atoms with Crippen LogP contribution in [0.15, 0.2) is 10.2 Å². The molecule has 2 fully saturated rings. The van der Waals surface area contributed by atoms with E-state index in [1.54, 1.807) is 0 Å². The molecule has 3 aliphatic rings.